The summed E-state index contributed by atoms with van der Waals surface area (Å²) in [7, 11) is 0. The largest absolute Gasteiger partial charge is 0.494 e. The van der Waals surface area contributed by atoms with Crippen molar-refractivity contribution in [1.82, 2.24) is 0 Å². The Hall–Kier alpha value is -2.27. The zero-order valence-electron chi connectivity index (χ0n) is 13.7. The van der Waals surface area contributed by atoms with E-state index in [-0.39, 0.29) is 5.96 Å². The van der Waals surface area contributed by atoms with Crippen LogP contribution in [0.1, 0.15) is 25.7 Å². The summed E-state index contributed by atoms with van der Waals surface area (Å²) in [6.45, 7) is 1.42. The highest BCUT2D eigenvalue weighted by atomic mass is 35.5. The van der Waals surface area contributed by atoms with Gasteiger partial charge in [0.15, 0.2) is 12.4 Å². The van der Waals surface area contributed by atoms with Gasteiger partial charge < -0.3 is 10.5 Å². The van der Waals surface area contributed by atoms with Crippen LogP contribution in [0.5, 0.6) is 5.75 Å². The predicted octanol–water partition coefficient (Wildman–Crippen LogP) is 3.10. The van der Waals surface area contributed by atoms with Gasteiger partial charge in [-0.2, -0.15) is 0 Å². The molecule has 0 saturated heterocycles. The first-order chi connectivity index (χ1) is 11.7. The number of unbranched alkanes of at least 4 members (excludes halogenated alkanes) is 3. The molecule has 1 aromatic carbocycles. The van der Waals surface area contributed by atoms with Crippen LogP contribution in [0, 0.1) is 5.41 Å². The summed E-state index contributed by atoms with van der Waals surface area (Å²) in [5, 5.41) is 10.2. The quantitative estimate of drug-likeness (QED) is 0.317. The molecule has 0 amide bonds. The maximum Gasteiger partial charge on any atom is 0.246 e. The van der Waals surface area contributed by atoms with Gasteiger partial charge in [-0.15, -0.1) is 5.01 Å². The van der Waals surface area contributed by atoms with Crippen molar-refractivity contribution in [3.8, 4) is 5.75 Å². The lowest BCUT2D eigenvalue weighted by Gasteiger charge is -2.15. The number of nitrogens with one attached hydrogen (secondary N) is 1. The van der Waals surface area contributed by atoms with Crippen LogP contribution in [0.2, 0.25) is 5.02 Å². The van der Waals surface area contributed by atoms with Crippen molar-refractivity contribution in [1.29, 1.82) is 5.41 Å². The number of aromatic nitrogens is 1. The summed E-state index contributed by atoms with van der Waals surface area (Å²) in [5.41, 5.74) is 5.67. The van der Waals surface area contributed by atoms with Crippen LogP contribution in [-0.4, -0.2) is 19.1 Å². The van der Waals surface area contributed by atoms with Gasteiger partial charge in [0.2, 0.25) is 5.96 Å². The molecule has 0 spiro atoms. The summed E-state index contributed by atoms with van der Waals surface area (Å²) >= 11 is 5.84. The molecular weight excluding hydrogens is 324 g/mol. The number of benzene rings is 1. The van der Waals surface area contributed by atoms with Crippen LogP contribution in [0.15, 0.2) is 54.9 Å². The number of nitrogens with zero attached hydrogens (tertiary/aromatic N) is 2. The van der Waals surface area contributed by atoms with E-state index in [4.69, 9.17) is 27.5 Å². The Morgan fingerprint density at radius 2 is 1.71 bits per heavy atom. The van der Waals surface area contributed by atoms with Crippen LogP contribution in [-0.2, 0) is 0 Å². The molecule has 0 unspecified atom stereocenters. The van der Waals surface area contributed by atoms with E-state index in [0.717, 1.165) is 38.0 Å². The minimum Gasteiger partial charge on any atom is -0.494 e. The Morgan fingerprint density at radius 1 is 1.04 bits per heavy atom. The normalized spacial score (nSPS) is 10.4. The first kappa shape index (κ1) is 18.1. The molecule has 0 bridgehead atoms. The number of hydrogen-bond donors (Lipinski definition) is 2. The van der Waals surface area contributed by atoms with Gasteiger partial charge in [-0.3, -0.25) is 5.41 Å². The van der Waals surface area contributed by atoms with E-state index in [9.17, 15) is 0 Å². The minimum atomic E-state index is 0.0530. The van der Waals surface area contributed by atoms with Crippen LogP contribution in [0.4, 0.5) is 0 Å². The fourth-order valence-corrected chi connectivity index (χ4v) is 2.47. The zero-order chi connectivity index (χ0) is 17.2. The summed E-state index contributed by atoms with van der Waals surface area (Å²) in [5.74, 6) is 0.903. The number of ether oxygens (including phenoxy) is 1. The average molecular weight is 348 g/mol. The van der Waals surface area contributed by atoms with Crippen molar-refractivity contribution >= 4 is 17.6 Å². The second-order valence-electron chi connectivity index (χ2n) is 5.48. The maximum absolute atomic E-state index is 7.70. The Kier molecular flexibility index (Phi) is 7.36. The third-order valence-electron chi connectivity index (χ3n) is 3.60. The molecule has 1 heterocycles. The fourth-order valence-electron chi connectivity index (χ4n) is 2.35. The lowest BCUT2D eigenvalue weighted by atomic mass is 10.2. The molecule has 0 atom stereocenters. The van der Waals surface area contributed by atoms with Crippen molar-refractivity contribution in [3.05, 3.63) is 59.9 Å². The van der Waals surface area contributed by atoms with E-state index in [1.54, 1.807) is 5.01 Å². The molecule has 24 heavy (non-hydrogen) atoms. The standard InChI is InChI=1S/C18H24ClN4O/c19-16-8-10-17(11-9-16)24-15-7-2-1-6-14-23(18(20)21)22-12-4-3-5-13-22/h3-5,8-13H,1-2,6-7,14-15H2,(H3,20,21)/q+1. The van der Waals surface area contributed by atoms with Crippen LogP contribution < -0.4 is 20.2 Å². The van der Waals surface area contributed by atoms with Gasteiger partial charge in [-0.25, -0.2) is 0 Å². The molecule has 2 aromatic rings. The summed E-state index contributed by atoms with van der Waals surface area (Å²) < 4.78 is 7.51. The molecule has 0 aliphatic heterocycles. The molecule has 6 heteroatoms. The lowest BCUT2D eigenvalue weighted by molar-refractivity contribution is -0.681. The number of halogens is 1. The van der Waals surface area contributed by atoms with E-state index in [2.05, 4.69) is 0 Å². The molecule has 0 radical (unpaired) electrons. The second kappa shape index (κ2) is 9.78. The Bertz CT molecular complexity index is 619. The van der Waals surface area contributed by atoms with Crippen LogP contribution >= 0.6 is 11.6 Å². The van der Waals surface area contributed by atoms with E-state index in [0.29, 0.717) is 11.6 Å². The zero-order valence-corrected chi connectivity index (χ0v) is 14.5. The topological polar surface area (TPSA) is 66.2 Å². The van der Waals surface area contributed by atoms with Gasteiger partial charge in [-0.05, 0) is 43.5 Å². The first-order valence-corrected chi connectivity index (χ1v) is 8.51. The van der Waals surface area contributed by atoms with Crippen molar-refractivity contribution < 1.29 is 9.41 Å². The van der Waals surface area contributed by atoms with E-state index >= 15 is 0 Å². The molecule has 3 N–H and O–H groups in total. The minimum absolute atomic E-state index is 0.0530. The Morgan fingerprint density at radius 3 is 2.38 bits per heavy atom. The summed E-state index contributed by atoms with van der Waals surface area (Å²) in [6, 6.07) is 13.2. The van der Waals surface area contributed by atoms with Gasteiger partial charge in [0.25, 0.3) is 0 Å². The third-order valence-corrected chi connectivity index (χ3v) is 3.86. The molecule has 5 nitrogen and oxygen atoms in total. The predicted molar refractivity (Wildman–Crippen MR) is 97.1 cm³/mol. The highest BCUT2D eigenvalue weighted by molar-refractivity contribution is 6.30. The van der Waals surface area contributed by atoms with Gasteiger partial charge in [0.05, 0.1) is 13.2 Å². The molecule has 0 fully saturated rings. The molecule has 2 rings (SSSR count). The lowest BCUT2D eigenvalue weighted by Crippen LogP contribution is -2.62. The molecular formula is C18H24ClN4O+. The van der Waals surface area contributed by atoms with E-state index in [1.165, 1.54) is 0 Å². The van der Waals surface area contributed by atoms with Crippen molar-refractivity contribution in [3.63, 3.8) is 0 Å². The average Bonchev–Trinajstić information content (AvgIpc) is 2.59. The van der Waals surface area contributed by atoms with Crippen LogP contribution in [0.3, 0.4) is 0 Å². The third kappa shape index (κ3) is 6.08. The molecule has 1 aromatic heterocycles. The monoisotopic (exact) mass is 347 g/mol. The first-order valence-electron chi connectivity index (χ1n) is 8.13. The fraction of sp³-hybridized carbons (Fsp3) is 0.333. The molecule has 0 aliphatic rings. The van der Waals surface area contributed by atoms with Gasteiger partial charge in [0, 0.05) is 17.2 Å². The number of rotatable bonds is 9. The van der Waals surface area contributed by atoms with Gasteiger partial charge in [0.1, 0.15) is 5.75 Å². The smallest absolute Gasteiger partial charge is 0.246 e. The Balaban J connectivity index is 1.61. The SMILES string of the molecule is N=C(N)N(CCCCCCOc1ccc(Cl)cc1)[n+]1ccccc1. The number of pyridine rings is 1. The van der Waals surface area contributed by atoms with Crippen LogP contribution in [0.25, 0.3) is 0 Å². The number of nitrogens with two attached hydrogens (primary N) is 1. The van der Waals surface area contributed by atoms with Gasteiger partial charge in [-0.1, -0.05) is 28.8 Å². The van der Waals surface area contributed by atoms with Crippen molar-refractivity contribution in [2.24, 2.45) is 5.73 Å². The maximum atomic E-state index is 7.70. The summed E-state index contributed by atoms with van der Waals surface area (Å²) in [4.78, 5) is 0. The summed E-state index contributed by atoms with van der Waals surface area (Å²) in [6.07, 6.45) is 7.91. The molecule has 0 saturated carbocycles. The van der Waals surface area contributed by atoms with Crippen molar-refractivity contribution in [2.75, 3.05) is 18.2 Å². The van der Waals surface area contributed by atoms with E-state index in [1.807, 2.05) is 59.5 Å². The highest BCUT2D eigenvalue weighted by Gasteiger charge is 2.15. The Labute approximate surface area is 148 Å². The van der Waals surface area contributed by atoms with E-state index < -0.39 is 0 Å². The molecule has 0 aliphatic carbocycles. The van der Waals surface area contributed by atoms with Crippen molar-refractivity contribution in [2.45, 2.75) is 25.7 Å². The highest BCUT2D eigenvalue weighted by Crippen LogP contribution is 2.15. The molecule has 128 valence electrons. The van der Waals surface area contributed by atoms with Gasteiger partial charge >= 0.3 is 0 Å². The number of hydrogen-bond acceptors (Lipinski definition) is 2. The number of guanidine groups is 1. The second-order valence-corrected chi connectivity index (χ2v) is 5.92.